The fraction of sp³-hybridized carbons (Fsp3) is 0.316. The van der Waals surface area contributed by atoms with Gasteiger partial charge in [-0.15, -0.1) is 0 Å². The van der Waals surface area contributed by atoms with E-state index in [1.165, 1.54) is 6.07 Å². The van der Waals surface area contributed by atoms with Crippen LogP contribution in [-0.4, -0.2) is 35.7 Å². The lowest BCUT2D eigenvalue weighted by Gasteiger charge is -2.29. The van der Waals surface area contributed by atoms with Gasteiger partial charge in [-0.25, -0.2) is 9.37 Å². The summed E-state index contributed by atoms with van der Waals surface area (Å²) in [6, 6.07) is 8.79. The van der Waals surface area contributed by atoms with Crippen LogP contribution in [0.15, 0.2) is 30.3 Å². The van der Waals surface area contributed by atoms with Crippen molar-refractivity contribution in [1.29, 1.82) is 0 Å². The summed E-state index contributed by atoms with van der Waals surface area (Å²) in [5, 5.41) is 4.20. The van der Waals surface area contributed by atoms with Gasteiger partial charge in [-0.3, -0.25) is 0 Å². The van der Waals surface area contributed by atoms with Crippen molar-refractivity contribution < 1.29 is 4.39 Å². The van der Waals surface area contributed by atoms with Gasteiger partial charge in [-0.2, -0.15) is 0 Å². The maximum atomic E-state index is 13.5. The molecule has 0 radical (unpaired) electrons. The van der Waals surface area contributed by atoms with Gasteiger partial charge in [-0.1, -0.05) is 29.3 Å². The number of hydrogen-bond donors (Lipinski definition) is 1. The van der Waals surface area contributed by atoms with Crippen LogP contribution in [0.1, 0.15) is 11.1 Å². The van der Waals surface area contributed by atoms with Crippen molar-refractivity contribution in [1.82, 2.24) is 14.9 Å². The quantitative estimate of drug-likeness (QED) is 0.723. The lowest BCUT2D eigenvalue weighted by atomic mass is 10.2. The molecule has 1 fully saturated rings. The van der Waals surface area contributed by atoms with E-state index in [-0.39, 0.29) is 5.02 Å². The number of hydrogen-bond acceptors (Lipinski definition) is 3. The maximum Gasteiger partial charge on any atom is 0.206 e. The normalized spacial score (nSPS) is 15.0. The maximum absolute atomic E-state index is 13.5. The van der Waals surface area contributed by atoms with Crippen LogP contribution in [0.2, 0.25) is 10.0 Å². The highest BCUT2D eigenvalue weighted by Gasteiger charge is 2.20. The molecule has 2 aromatic carbocycles. The van der Waals surface area contributed by atoms with Gasteiger partial charge in [0.05, 0.1) is 22.6 Å². The van der Waals surface area contributed by atoms with Crippen molar-refractivity contribution in [3.8, 4) is 0 Å². The number of nitrogens with one attached hydrogen (secondary N) is 1. The van der Waals surface area contributed by atoms with Crippen LogP contribution in [-0.2, 0) is 6.54 Å². The second-order valence-corrected chi connectivity index (χ2v) is 7.39. The molecule has 1 aliphatic heterocycles. The fourth-order valence-corrected chi connectivity index (χ4v) is 3.68. The molecule has 0 aliphatic carbocycles. The van der Waals surface area contributed by atoms with Crippen molar-refractivity contribution >= 4 is 40.2 Å². The molecule has 1 aliphatic rings. The molecule has 1 N–H and O–H groups in total. The number of aryl methyl sites for hydroxylation is 1. The molecule has 7 heteroatoms. The van der Waals surface area contributed by atoms with Crippen LogP contribution < -0.4 is 10.2 Å². The number of rotatable bonds is 3. The molecule has 1 saturated heterocycles. The summed E-state index contributed by atoms with van der Waals surface area (Å²) in [5.74, 6) is 0.496. The second kappa shape index (κ2) is 7.06. The van der Waals surface area contributed by atoms with Crippen molar-refractivity contribution in [3.63, 3.8) is 0 Å². The van der Waals surface area contributed by atoms with E-state index in [1.807, 2.05) is 19.1 Å². The van der Waals surface area contributed by atoms with E-state index in [4.69, 9.17) is 28.2 Å². The third-order valence-corrected chi connectivity index (χ3v) is 5.43. The van der Waals surface area contributed by atoms with Crippen LogP contribution in [0.4, 0.5) is 10.3 Å². The average molecular weight is 393 g/mol. The Labute approximate surface area is 161 Å². The molecule has 0 bridgehead atoms. The summed E-state index contributed by atoms with van der Waals surface area (Å²) in [4.78, 5) is 7.14. The third kappa shape index (κ3) is 3.27. The smallest absolute Gasteiger partial charge is 0.206 e. The Morgan fingerprint density at radius 1 is 1.12 bits per heavy atom. The number of benzene rings is 2. The summed E-state index contributed by atoms with van der Waals surface area (Å²) < 4.78 is 15.6. The number of anilines is 1. The van der Waals surface area contributed by atoms with E-state index in [1.54, 1.807) is 12.1 Å². The molecule has 0 unspecified atom stereocenters. The van der Waals surface area contributed by atoms with Crippen LogP contribution >= 0.6 is 23.2 Å². The van der Waals surface area contributed by atoms with Crippen LogP contribution in [0.3, 0.4) is 0 Å². The number of aromatic nitrogens is 2. The van der Waals surface area contributed by atoms with Gasteiger partial charge in [0.15, 0.2) is 0 Å². The number of nitrogens with zero attached hydrogens (tertiary/aromatic N) is 3. The summed E-state index contributed by atoms with van der Waals surface area (Å²) in [7, 11) is 0. The number of piperazine rings is 1. The molecule has 0 amide bonds. The van der Waals surface area contributed by atoms with Crippen molar-refractivity contribution in [2.45, 2.75) is 13.5 Å². The minimum atomic E-state index is -0.410. The van der Waals surface area contributed by atoms with E-state index >= 15 is 0 Å². The molecular weight excluding hydrogens is 374 g/mol. The highest BCUT2D eigenvalue weighted by molar-refractivity contribution is 6.32. The molecule has 0 spiro atoms. The molecule has 26 heavy (non-hydrogen) atoms. The van der Waals surface area contributed by atoms with Gasteiger partial charge in [-0.05, 0) is 42.3 Å². The Morgan fingerprint density at radius 3 is 2.62 bits per heavy atom. The SMILES string of the molecule is Cc1cc2nc(N3CCNCC3)n(Cc3ccc(F)c(Cl)c3)c2cc1Cl. The highest BCUT2D eigenvalue weighted by atomic mass is 35.5. The first kappa shape index (κ1) is 17.6. The molecule has 136 valence electrons. The van der Waals surface area contributed by atoms with Gasteiger partial charge in [0, 0.05) is 31.2 Å². The van der Waals surface area contributed by atoms with Crippen LogP contribution in [0.25, 0.3) is 11.0 Å². The van der Waals surface area contributed by atoms with E-state index in [9.17, 15) is 4.39 Å². The Bertz CT molecular complexity index is 964. The molecule has 4 nitrogen and oxygen atoms in total. The fourth-order valence-electron chi connectivity index (χ4n) is 3.32. The highest BCUT2D eigenvalue weighted by Crippen LogP contribution is 2.29. The molecule has 3 aromatic rings. The van der Waals surface area contributed by atoms with Gasteiger partial charge in [0.2, 0.25) is 5.95 Å². The number of imidazole rings is 1. The average Bonchev–Trinajstić information content (AvgIpc) is 2.97. The molecule has 1 aromatic heterocycles. The Morgan fingerprint density at radius 2 is 1.88 bits per heavy atom. The minimum absolute atomic E-state index is 0.129. The van der Waals surface area contributed by atoms with E-state index in [0.29, 0.717) is 11.6 Å². The summed E-state index contributed by atoms with van der Waals surface area (Å²) in [6.45, 7) is 6.15. The standard InChI is InChI=1S/C19H19Cl2FN4/c1-12-8-17-18(10-14(12)20)26(11-13-2-3-16(22)15(21)9-13)19(24-17)25-6-4-23-5-7-25/h2-3,8-10,23H,4-7,11H2,1H3. The second-order valence-electron chi connectivity index (χ2n) is 6.57. The van der Waals surface area contributed by atoms with Gasteiger partial charge in [0.1, 0.15) is 5.82 Å². The lowest BCUT2D eigenvalue weighted by molar-refractivity contribution is 0.571. The van der Waals surface area contributed by atoms with Gasteiger partial charge in [0.25, 0.3) is 0 Å². The third-order valence-electron chi connectivity index (χ3n) is 4.73. The van der Waals surface area contributed by atoms with E-state index in [2.05, 4.69) is 14.8 Å². The minimum Gasteiger partial charge on any atom is -0.340 e. The zero-order chi connectivity index (χ0) is 18.3. The summed E-state index contributed by atoms with van der Waals surface area (Å²) in [6.07, 6.45) is 0. The molecule has 0 saturated carbocycles. The first-order valence-electron chi connectivity index (χ1n) is 8.59. The predicted octanol–water partition coefficient (Wildman–Crippen LogP) is 4.25. The zero-order valence-electron chi connectivity index (χ0n) is 14.4. The molecule has 0 atom stereocenters. The van der Waals surface area contributed by atoms with Crippen LogP contribution in [0.5, 0.6) is 0 Å². The Balaban J connectivity index is 1.83. The van der Waals surface area contributed by atoms with Crippen molar-refractivity contribution in [2.75, 3.05) is 31.1 Å². The van der Waals surface area contributed by atoms with Crippen LogP contribution in [0, 0.1) is 12.7 Å². The summed E-state index contributed by atoms with van der Waals surface area (Å²) in [5.41, 5.74) is 3.80. The molecule has 4 rings (SSSR count). The van der Waals surface area contributed by atoms with Gasteiger partial charge < -0.3 is 14.8 Å². The topological polar surface area (TPSA) is 33.1 Å². The van der Waals surface area contributed by atoms with E-state index in [0.717, 1.165) is 54.3 Å². The first-order chi connectivity index (χ1) is 12.5. The van der Waals surface area contributed by atoms with Crippen molar-refractivity contribution in [3.05, 3.63) is 57.3 Å². The lowest BCUT2D eigenvalue weighted by Crippen LogP contribution is -2.44. The summed E-state index contributed by atoms with van der Waals surface area (Å²) >= 11 is 12.3. The zero-order valence-corrected chi connectivity index (χ0v) is 15.9. The number of fused-ring (bicyclic) bond motifs is 1. The monoisotopic (exact) mass is 392 g/mol. The van der Waals surface area contributed by atoms with Gasteiger partial charge >= 0.3 is 0 Å². The first-order valence-corrected chi connectivity index (χ1v) is 9.34. The Kier molecular flexibility index (Phi) is 4.78. The largest absolute Gasteiger partial charge is 0.340 e. The predicted molar refractivity (Wildman–Crippen MR) is 105 cm³/mol. The van der Waals surface area contributed by atoms with Crippen molar-refractivity contribution in [2.24, 2.45) is 0 Å². The molecular formula is C19H19Cl2FN4. The van der Waals surface area contributed by atoms with E-state index < -0.39 is 5.82 Å². The Hall–Kier alpha value is -1.82. The molecule has 2 heterocycles. The number of halogens is 3.